The smallest absolute Gasteiger partial charge is 0.129 e. The summed E-state index contributed by atoms with van der Waals surface area (Å²) >= 11 is 5.70. The second-order valence-corrected chi connectivity index (χ2v) is 4.02. The van der Waals surface area contributed by atoms with E-state index >= 15 is 0 Å². The zero-order valence-electron chi connectivity index (χ0n) is 9.26. The zero-order chi connectivity index (χ0) is 12.0. The van der Waals surface area contributed by atoms with Gasteiger partial charge in [0.15, 0.2) is 0 Å². The van der Waals surface area contributed by atoms with Crippen LogP contribution < -0.4 is 5.32 Å². The number of rotatable bonds is 5. The average Bonchev–Trinajstić information content (AvgIpc) is 2.25. The minimum atomic E-state index is -0.309. The molecule has 0 saturated heterocycles. The molecule has 0 aromatic heterocycles. The Morgan fingerprint density at radius 3 is 2.88 bits per heavy atom. The third-order valence-corrected chi connectivity index (χ3v) is 2.54. The van der Waals surface area contributed by atoms with Crippen molar-refractivity contribution < 1.29 is 4.39 Å². The van der Waals surface area contributed by atoms with E-state index < -0.39 is 0 Å². The Kier molecular flexibility index (Phi) is 5.31. The van der Waals surface area contributed by atoms with Crippen molar-refractivity contribution in [3.63, 3.8) is 0 Å². The molecule has 1 unspecified atom stereocenters. The summed E-state index contributed by atoms with van der Waals surface area (Å²) in [5.41, 5.74) is 0.579. The van der Waals surface area contributed by atoms with Crippen LogP contribution in [0.15, 0.2) is 18.2 Å². The molecule has 86 valence electrons. The van der Waals surface area contributed by atoms with Gasteiger partial charge >= 0.3 is 0 Å². The van der Waals surface area contributed by atoms with Gasteiger partial charge in [0.1, 0.15) is 5.82 Å². The minimum absolute atomic E-state index is 0.137. The number of hydrogen-bond acceptors (Lipinski definition) is 1. The standard InChI is InChI=1S/C13H15ClFN/c1-3-5-13(16-8-4-2)11-7-6-10(14)9-12(11)15/h1,6-7,9,13,16H,4-5,8H2,2H3. The normalized spacial score (nSPS) is 12.1. The lowest BCUT2D eigenvalue weighted by atomic mass is 10.0. The maximum atomic E-state index is 13.7. The topological polar surface area (TPSA) is 12.0 Å². The summed E-state index contributed by atoms with van der Waals surface area (Å²) in [4.78, 5) is 0. The molecule has 0 aliphatic carbocycles. The van der Waals surface area contributed by atoms with E-state index in [0.29, 0.717) is 17.0 Å². The second-order valence-electron chi connectivity index (χ2n) is 3.58. The molecule has 1 aromatic rings. The number of benzene rings is 1. The summed E-state index contributed by atoms with van der Waals surface area (Å²) in [6.45, 7) is 2.87. The molecule has 0 aliphatic rings. The zero-order valence-corrected chi connectivity index (χ0v) is 10.0. The fraction of sp³-hybridized carbons (Fsp3) is 0.385. The van der Waals surface area contributed by atoms with E-state index in [4.69, 9.17) is 18.0 Å². The van der Waals surface area contributed by atoms with Gasteiger partial charge in [-0.2, -0.15) is 0 Å². The number of nitrogens with one attached hydrogen (secondary N) is 1. The van der Waals surface area contributed by atoms with Crippen LogP contribution in [-0.4, -0.2) is 6.54 Å². The molecule has 1 rings (SSSR count). The van der Waals surface area contributed by atoms with Crippen LogP contribution in [-0.2, 0) is 0 Å². The maximum Gasteiger partial charge on any atom is 0.129 e. The van der Waals surface area contributed by atoms with Crippen LogP contribution in [0.3, 0.4) is 0 Å². The molecule has 3 heteroatoms. The van der Waals surface area contributed by atoms with E-state index in [2.05, 4.69) is 18.2 Å². The van der Waals surface area contributed by atoms with Gasteiger partial charge < -0.3 is 5.32 Å². The molecule has 16 heavy (non-hydrogen) atoms. The first kappa shape index (κ1) is 13.0. The van der Waals surface area contributed by atoms with Crippen molar-refractivity contribution >= 4 is 11.6 Å². The molecule has 0 radical (unpaired) electrons. The van der Waals surface area contributed by atoms with Crippen molar-refractivity contribution in [3.05, 3.63) is 34.6 Å². The summed E-state index contributed by atoms with van der Waals surface area (Å²) in [7, 11) is 0. The Balaban J connectivity index is 2.88. The molecule has 1 nitrogen and oxygen atoms in total. The number of halogens is 2. The van der Waals surface area contributed by atoms with Crippen LogP contribution >= 0.6 is 11.6 Å². The Morgan fingerprint density at radius 2 is 2.31 bits per heavy atom. The largest absolute Gasteiger partial charge is 0.309 e. The summed E-state index contributed by atoms with van der Waals surface area (Å²) in [6, 6.07) is 4.54. The Hall–Kier alpha value is -1.04. The van der Waals surface area contributed by atoms with Crippen molar-refractivity contribution in [1.82, 2.24) is 5.32 Å². The molecular weight excluding hydrogens is 225 g/mol. The first-order valence-electron chi connectivity index (χ1n) is 5.30. The third kappa shape index (κ3) is 3.52. The van der Waals surface area contributed by atoms with Crippen LogP contribution in [0.1, 0.15) is 31.4 Å². The van der Waals surface area contributed by atoms with Crippen LogP contribution in [0.5, 0.6) is 0 Å². The molecule has 1 aromatic carbocycles. The van der Waals surface area contributed by atoms with Crippen molar-refractivity contribution in [2.75, 3.05) is 6.54 Å². The van der Waals surface area contributed by atoms with Gasteiger partial charge in [-0.25, -0.2) is 4.39 Å². The molecular formula is C13H15ClFN. The van der Waals surface area contributed by atoms with E-state index in [1.54, 1.807) is 12.1 Å². The lowest BCUT2D eigenvalue weighted by Gasteiger charge is -2.17. The quantitative estimate of drug-likeness (QED) is 0.775. The van der Waals surface area contributed by atoms with Gasteiger partial charge in [0, 0.05) is 23.0 Å². The fourth-order valence-corrected chi connectivity index (χ4v) is 1.67. The lowest BCUT2D eigenvalue weighted by molar-refractivity contribution is 0.507. The Labute approximate surface area is 101 Å². The van der Waals surface area contributed by atoms with Gasteiger partial charge in [-0.3, -0.25) is 0 Å². The predicted molar refractivity (Wildman–Crippen MR) is 65.9 cm³/mol. The highest BCUT2D eigenvalue weighted by molar-refractivity contribution is 6.30. The first-order chi connectivity index (χ1) is 7.69. The van der Waals surface area contributed by atoms with Gasteiger partial charge in [0.25, 0.3) is 0 Å². The van der Waals surface area contributed by atoms with Crippen LogP contribution in [0.25, 0.3) is 0 Å². The second kappa shape index (κ2) is 6.52. The van der Waals surface area contributed by atoms with Crippen molar-refractivity contribution in [2.45, 2.75) is 25.8 Å². The summed E-state index contributed by atoms with van der Waals surface area (Å²) < 4.78 is 13.7. The van der Waals surface area contributed by atoms with Gasteiger partial charge in [0.05, 0.1) is 0 Å². The monoisotopic (exact) mass is 239 g/mol. The molecule has 0 amide bonds. The molecule has 0 spiro atoms. The molecule has 1 atom stereocenters. The van der Waals surface area contributed by atoms with E-state index in [1.165, 1.54) is 6.07 Å². The van der Waals surface area contributed by atoms with Gasteiger partial charge in [-0.15, -0.1) is 12.3 Å². The SMILES string of the molecule is C#CCC(NCCC)c1ccc(Cl)cc1F. The lowest BCUT2D eigenvalue weighted by Crippen LogP contribution is -2.22. The number of terminal acetylenes is 1. The Morgan fingerprint density at radius 1 is 1.56 bits per heavy atom. The third-order valence-electron chi connectivity index (χ3n) is 2.30. The first-order valence-corrected chi connectivity index (χ1v) is 5.68. The van der Waals surface area contributed by atoms with E-state index in [-0.39, 0.29) is 11.9 Å². The van der Waals surface area contributed by atoms with E-state index in [0.717, 1.165) is 13.0 Å². The van der Waals surface area contributed by atoms with Gasteiger partial charge in [0.2, 0.25) is 0 Å². The summed E-state index contributed by atoms with van der Waals surface area (Å²) in [5, 5.41) is 3.62. The number of hydrogen-bond donors (Lipinski definition) is 1. The maximum absolute atomic E-state index is 13.7. The predicted octanol–water partition coefficient (Wildman–Crippen LogP) is 3.54. The molecule has 0 bridgehead atoms. The van der Waals surface area contributed by atoms with Gasteiger partial charge in [-0.1, -0.05) is 24.6 Å². The van der Waals surface area contributed by atoms with Gasteiger partial charge in [-0.05, 0) is 25.1 Å². The summed E-state index contributed by atoms with van der Waals surface area (Å²) in [5.74, 6) is 2.25. The van der Waals surface area contributed by atoms with Crippen molar-refractivity contribution in [1.29, 1.82) is 0 Å². The fourth-order valence-electron chi connectivity index (χ4n) is 1.51. The molecule has 0 saturated carbocycles. The van der Waals surface area contributed by atoms with E-state index in [1.807, 2.05) is 0 Å². The molecule has 1 N–H and O–H groups in total. The van der Waals surface area contributed by atoms with Crippen LogP contribution in [0.4, 0.5) is 4.39 Å². The van der Waals surface area contributed by atoms with Crippen LogP contribution in [0, 0.1) is 18.2 Å². The van der Waals surface area contributed by atoms with E-state index in [9.17, 15) is 4.39 Å². The van der Waals surface area contributed by atoms with Crippen molar-refractivity contribution in [2.24, 2.45) is 0 Å². The Bertz CT molecular complexity index is 384. The van der Waals surface area contributed by atoms with Crippen molar-refractivity contribution in [3.8, 4) is 12.3 Å². The highest BCUT2D eigenvalue weighted by Crippen LogP contribution is 2.22. The highest BCUT2D eigenvalue weighted by atomic mass is 35.5. The molecule has 0 heterocycles. The van der Waals surface area contributed by atoms with Crippen LogP contribution in [0.2, 0.25) is 5.02 Å². The molecule has 0 aliphatic heterocycles. The average molecular weight is 240 g/mol. The summed E-state index contributed by atoms with van der Waals surface area (Å²) in [6.07, 6.45) is 6.73. The molecule has 0 fully saturated rings. The minimum Gasteiger partial charge on any atom is -0.309 e. The highest BCUT2D eigenvalue weighted by Gasteiger charge is 2.14.